The fourth-order valence-electron chi connectivity index (χ4n) is 2.81. The third kappa shape index (κ3) is 8.91. The van der Waals surface area contributed by atoms with Crippen molar-refractivity contribution in [3.05, 3.63) is 70.8 Å². The molecule has 0 spiro atoms. The van der Waals surface area contributed by atoms with Gasteiger partial charge in [0, 0.05) is 0 Å². The first kappa shape index (κ1) is 20.5. The van der Waals surface area contributed by atoms with Crippen LogP contribution in [0.2, 0.25) is 0 Å². The highest BCUT2D eigenvalue weighted by Crippen LogP contribution is 2.22. The number of hydrogen-bond donors (Lipinski definition) is 0. The minimum absolute atomic E-state index is 0.395. The zero-order valence-corrected chi connectivity index (χ0v) is 17.0. The smallest absolute Gasteiger partial charge is 0.0227 e. The lowest BCUT2D eigenvalue weighted by Crippen LogP contribution is -2.09. The molecule has 0 aliphatic rings. The van der Waals surface area contributed by atoms with Crippen LogP contribution in [0, 0.1) is 24.7 Å². The molecule has 0 N–H and O–H groups in total. The summed E-state index contributed by atoms with van der Waals surface area (Å²) < 4.78 is 0. The molecule has 0 saturated carbocycles. The highest BCUT2D eigenvalue weighted by atomic mass is 14.2. The fraction of sp³-hybridized carbons (Fsp3) is 0.500. The van der Waals surface area contributed by atoms with E-state index >= 15 is 0 Å². The molecule has 0 bridgehead atoms. The topological polar surface area (TPSA) is 0 Å². The summed E-state index contributed by atoms with van der Waals surface area (Å²) >= 11 is 0. The minimum atomic E-state index is 0.395. The van der Waals surface area contributed by atoms with Crippen LogP contribution in [0.25, 0.3) is 0 Å². The van der Waals surface area contributed by atoms with Crippen molar-refractivity contribution in [2.24, 2.45) is 10.8 Å². The molecule has 24 heavy (non-hydrogen) atoms. The summed E-state index contributed by atoms with van der Waals surface area (Å²) in [4.78, 5) is 0. The van der Waals surface area contributed by atoms with Gasteiger partial charge in [-0.1, -0.05) is 95.6 Å². The van der Waals surface area contributed by atoms with Gasteiger partial charge >= 0.3 is 0 Å². The predicted octanol–water partition coefficient (Wildman–Crippen LogP) is 7.17. The standard InChI is InChI=1S/2C12H18/c1-10-6-5-7-11(8-10)9-12(2,3)4;1-10-7-5-6-8-11(10)9-12(2,3)4/h2*5-8H,9H2,1-4H3. The molecular formula is C24H36. The molecular weight excluding hydrogens is 288 g/mol. The molecule has 2 rings (SSSR count). The van der Waals surface area contributed by atoms with Gasteiger partial charge in [0.15, 0.2) is 0 Å². The van der Waals surface area contributed by atoms with Crippen LogP contribution < -0.4 is 0 Å². The first-order valence-electron chi connectivity index (χ1n) is 9.06. The summed E-state index contributed by atoms with van der Waals surface area (Å²) in [7, 11) is 0. The maximum absolute atomic E-state index is 2.28. The van der Waals surface area contributed by atoms with Gasteiger partial charge in [0.25, 0.3) is 0 Å². The molecule has 0 heteroatoms. The molecule has 0 saturated heterocycles. The Morgan fingerprint density at radius 1 is 0.667 bits per heavy atom. The molecule has 0 heterocycles. The van der Waals surface area contributed by atoms with Gasteiger partial charge in [-0.05, 0) is 54.2 Å². The van der Waals surface area contributed by atoms with E-state index in [1.807, 2.05) is 0 Å². The molecule has 0 aliphatic heterocycles. The van der Waals surface area contributed by atoms with Gasteiger partial charge in [0.1, 0.15) is 0 Å². The van der Waals surface area contributed by atoms with Crippen molar-refractivity contribution in [2.45, 2.75) is 68.2 Å². The van der Waals surface area contributed by atoms with Gasteiger partial charge in [-0.15, -0.1) is 0 Å². The van der Waals surface area contributed by atoms with Crippen LogP contribution in [-0.2, 0) is 12.8 Å². The third-order valence-electron chi connectivity index (χ3n) is 3.80. The van der Waals surface area contributed by atoms with Crippen LogP contribution in [0.3, 0.4) is 0 Å². The Morgan fingerprint density at radius 3 is 1.75 bits per heavy atom. The van der Waals surface area contributed by atoms with Crippen molar-refractivity contribution in [3.63, 3.8) is 0 Å². The Morgan fingerprint density at radius 2 is 1.25 bits per heavy atom. The summed E-state index contributed by atoms with van der Waals surface area (Å²) in [5.74, 6) is 0. The SMILES string of the molecule is Cc1cccc(CC(C)(C)C)c1.Cc1ccccc1CC(C)(C)C. The van der Waals surface area contributed by atoms with E-state index in [1.54, 1.807) is 0 Å². The summed E-state index contributed by atoms with van der Waals surface area (Å²) in [6.07, 6.45) is 2.33. The summed E-state index contributed by atoms with van der Waals surface area (Å²) in [6, 6.07) is 17.4. The van der Waals surface area contributed by atoms with Crippen molar-refractivity contribution in [3.8, 4) is 0 Å². The zero-order valence-electron chi connectivity index (χ0n) is 17.0. The Kier molecular flexibility index (Phi) is 7.27. The first-order valence-corrected chi connectivity index (χ1v) is 9.06. The van der Waals surface area contributed by atoms with Crippen LogP contribution in [0.4, 0.5) is 0 Å². The lowest BCUT2D eigenvalue weighted by molar-refractivity contribution is 0.410. The van der Waals surface area contributed by atoms with E-state index in [1.165, 1.54) is 28.7 Å². The maximum Gasteiger partial charge on any atom is -0.0227 e. The van der Waals surface area contributed by atoms with Crippen molar-refractivity contribution in [1.82, 2.24) is 0 Å². The van der Waals surface area contributed by atoms with Gasteiger partial charge in [-0.3, -0.25) is 0 Å². The van der Waals surface area contributed by atoms with E-state index in [0.29, 0.717) is 10.8 Å². The third-order valence-corrected chi connectivity index (χ3v) is 3.80. The van der Waals surface area contributed by atoms with Crippen LogP contribution in [0.1, 0.15) is 63.8 Å². The molecule has 0 aliphatic carbocycles. The monoisotopic (exact) mass is 324 g/mol. The van der Waals surface area contributed by atoms with Gasteiger partial charge in [0.05, 0.1) is 0 Å². The normalized spacial score (nSPS) is 11.7. The number of rotatable bonds is 2. The zero-order chi connectivity index (χ0) is 18.4. The average Bonchev–Trinajstić information content (AvgIpc) is 2.39. The second-order valence-electron chi connectivity index (χ2n) is 9.39. The molecule has 0 atom stereocenters. The minimum Gasteiger partial charge on any atom is -0.0620 e. The van der Waals surface area contributed by atoms with Crippen molar-refractivity contribution in [1.29, 1.82) is 0 Å². The van der Waals surface area contributed by atoms with Gasteiger partial charge < -0.3 is 0 Å². The average molecular weight is 325 g/mol. The van der Waals surface area contributed by atoms with E-state index in [0.717, 1.165) is 6.42 Å². The Labute approximate surface area is 150 Å². The number of benzene rings is 2. The summed E-state index contributed by atoms with van der Waals surface area (Å²) in [5.41, 5.74) is 6.48. The number of aryl methyl sites for hydroxylation is 2. The van der Waals surface area contributed by atoms with Gasteiger partial charge in [-0.25, -0.2) is 0 Å². The van der Waals surface area contributed by atoms with E-state index in [2.05, 4.69) is 104 Å². The highest BCUT2D eigenvalue weighted by molar-refractivity contribution is 5.26. The van der Waals surface area contributed by atoms with Crippen LogP contribution in [-0.4, -0.2) is 0 Å². The van der Waals surface area contributed by atoms with Crippen molar-refractivity contribution < 1.29 is 0 Å². The fourth-order valence-corrected chi connectivity index (χ4v) is 2.81. The van der Waals surface area contributed by atoms with E-state index in [9.17, 15) is 0 Å². The highest BCUT2D eigenvalue weighted by Gasteiger charge is 2.12. The molecule has 0 fully saturated rings. The van der Waals surface area contributed by atoms with Crippen molar-refractivity contribution in [2.75, 3.05) is 0 Å². The quantitative estimate of drug-likeness (QED) is 0.549. The Hall–Kier alpha value is -1.56. The Bertz CT molecular complexity index is 621. The largest absolute Gasteiger partial charge is 0.0620 e. The molecule has 0 radical (unpaired) electrons. The second kappa shape index (κ2) is 8.51. The molecule has 0 amide bonds. The second-order valence-corrected chi connectivity index (χ2v) is 9.39. The Balaban J connectivity index is 0.000000240. The molecule has 2 aromatic carbocycles. The predicted molar refractivity (Wildman–Crippen MR) is 109 cm³/mol. The summed E-state index contributed by atoms with van der Waals surface area (Å²) in [5, 5.41) is 0. The van der Waals surface area contributed by atoms with Crippen LogP contribution in [0.15, 0.2) is 48.5 Å². The summed E-state index contributed by atoms with van der Waals surface area (Å²) in [6.45, 7) is 18.0. The first-order chi connectivity index (χ1) is 11.0. The maximum atomic E-state index is 2.28. The van der Waals surface area contributed by atoms with E-state index in [4.69, 9.17) is 0 Å². The lowest BCUT2D eigenvalue weighted by atomic mass is 9.86. The molecule has 132 valence electrons. The molecule has 2 aromatic rings. The van der Waals surface area contributed by atoms with Crippen LogP contribution >= 0.6 is 0 Å². The van der Waals surface area contributed by atoms with Crippen molar-refractivity contribution >= 4 is 0 Å². The van der Waals surface area contributed by atoms with E-state index < -0.39 is 0 Å². The molecule has 0 unspecified atom stereocenters. The van der Waals surface area contributed by atoms with E-state index in [-0.39, 0.29) is 0 Å². The van der Waals surface area contributed by atoms with Gasteiger partial charge in [-0.2, -0.15) is 0 Å². The number of hydrogen-bond acceptors (Lipinski definition) is 0. The molecule has 0 nitrogen and oxygen atoms in total. The van der Waals surface area contributed by atoms with Crippen LogP contribution in [0.5, 0.6) is 0 Å². The molecule has 0 aromatic heterocycles. The lowest BCUT2D eigenvalue weighted by Gasteiger charge is -2.19. The van der Waals surface area contributed by atoms with Gasteiger partial charge in [0.2, 0.25) is 0 Å².